The first-order chi connectivity index (χ1) is 7.70. The minimum atomic E-state index is 0.605. The van der Waals surface area contributed by atoms with Crippen molar-refractivity contribution < 1.29 is 4.74 Å². The fourth-order valence-electron chi connectivity index (χ4n) is 2.63. The molecule has 2 unspecified atom stereocenters. The summed E-state index contributed by atoms with van der Waals surface area (Å²) in [6.45, 7) is 9.71. The van der Waals surface area contributed by atoms with Crippen molar-refractivity contribution >= 4 is 0 Å². The van der Waals surface area contributed by atoms with Crippen molar-refractivity contribution in [3.63, 3.8) is 0 Å². The number of nitrogens with one attached hydrogen (secondary N) is 1. The zero-order chi connectivity index (χ0) is 12.0. The number of rotatable bonds is 6. The predicted octanol–water partition coefficient (Wildman–Crippen LogP) is 1.87. The quantitative estimate of drug-likeness (QED) is 0.751. The average molecular weight is 228 g/mol. The van der Waals surface area contributed by atoms with Gasteiger partial charge in [-0.2, -0.15) is 0 Å². The molecule has 1 aliphatic heterocycles. The summed E-state index contributed by atoms with van der Waals surface area (Å²) in [4.78, 5) is 2.54. The zero-order valence-electron chi connectivity index (χ0n) is 11.3. The summed E-state index contributed by atoms with van der Waals surface area (Å²) in [7, 11) is 2.26. The van der Waals surface area contributed by atoms with E-state index in [1.54, 1.807) is 0 Å². The van der Waals surface area contributed by atoms with Crippen LogP contribution >= 0.6 is 0 Å². The third-order valence-electron chi connectivity index (χ3n) is 3.90. The smallest absolute Gasteiger partial charge is 0.0480 e. The van der Waals surface area contributed by atoms with Gasteiger partial charge in [-0.1, -0.05) is 13.8 Å². The molecule has 0 bridgehead atoms. The topological polar surface area (TPSA) is 24.5 Å². The minimum absolute atomic E-state index is 0.605. The van der Waals surface area contributed by atoms with Crippen molar-refractivity contribution in [3.05, 3.63) is 0 Å². The maximum atomic E-state index is 5.42. The summed E-state index contributed by atoms with van der Waals surface area (Å²) in [5, 5.41) is 3.58. The molecular formula is C13H28N2O. The van der Waals surface area contributed by atoms with Gasteiger partial charge in [0, 0.05) is 31.3 Å². The Kier molecular flexibility index (Phi) is 6.32. The molecule has 96 valence electrons. The van der Waals surface area contributed by atoms with Crippen molar-refractivity contribution in [2.24, 2.45) is 0 Å². The molecule has 1 N–H and O–H groups in total. The molecule has 0 aromatic rings. The lowest BCUT2D eigenvalue weighted by atomic mass is 10.0. The lowest BCUT2D eigenvalue weighted by Crippen LogP contribution is -2.51. The number of ether oxygens (including phenoxy) is 1. The van der Waals surface area contributed by atoms with Gasteiger partial charge in [-0.25, -0.2) is 0 Å². The maximum Gasteiger partial charge on any atom is 0.0480 e. The molecule has 1 fully saturated rings. The van der Waals surface area contributed by atoms with E-state index in [1.165, 1.54) is 19.3 Å². The molecule has 16 heavy (non-hydrogen) atoms. The van der Waals surface area contributed by atoms with Crippen LogP contribution in [0.1, 0.15) is 40.0 Å². The van der Waals surface area contributed by atoms with Crippen molar-refractivity contribution in [2.45, 2.75) is 58.2 Å². The van der Waals surface area contributed by atoms with E-state index in [0.29, 0.717) is 18.1 Å². The van der Waals surface area contributed by atoms with Gasteiger partial charge in [-0.15, -0.1) is 0 Å². The molecule has 1 rings (SSSR count). The predicted molar refractivity (Wildman–Crippen MR) is 68.8 cm³/mol. The molecule has 0 aromatic heterocycles. The molecule has 0 saturated carbocycles. The standard InChI is InChI=1S/C13H28N2O/c1-5-13(14-6-2)11(3)15(4)12-7-9-16-10-8-12/h11-14H,5-10H2,1-4H3. The van der Waals surface area contributed by atoms with Crippen LogP contribution in [0, 0.1) is 0 Å². The van der Waals surface area contributed by atoms with Gasteiger partial charge >= 0.3 is 0 Å². The third-order valence-corrected chi connectivity index (χ3v) is 3.90. The van der Waals surface area contributed by atoms with Gasteiger partial charge in [-0.3, -0.25) is 4.90 Å². The van der Waals surface area contributed by atoms with Crippen LogP contribution in [0.4, 0.5) is 0 Å². The first-order valence-electron chi connectivity index (χ1n) is 6.73. The third kappa shape index (κ3) is 3.72. The normalized spacial score (nSPS) is 22.3. The summed E-state index contributed by atoms with van der Waals surface area (Å²) in [6.07, 6.45) is 3.56. The van der Waals surface area contributed by atoms with E-state index in [0.717, 1.165) is 19.8 Å². The second-order valence-electron chi connectivity index (χ2n) is 4.82. The van der Waals surface area contributed by atoms with Gasteiger partial charge in [0.15, 0.2) is 0 Å². The van der Waals surface area contributed by atoms with Crippen molar-refractivity contribution in [1.82, 2.24) is 10.2 Å². The van der Waals surface area contributed by atoms with E-state index in [2.05, 4.69) is 38.0 Å². The lowest BCUT2D eigenvalue weighted by molar-refractivity contribution is 0.0248. The summed E-state index contributed by atoms with van der Waals surface area (Å²) in [5.74, 6) is 0. The molecule has 3 heteroatoms. The van der Waals surface area contributed by atoms with Crippen molar-refractivity contribution in [3.8, 4) is 0 Å². The number of hydrogen-bond acceptors (Lipinski definition) is 3. The maximum absolute atomic E-state index is 5.42. The molecule has 2 atom stereocenters. The number of hydrogen-bond donors (Lipinski definition) is 1. The Hall–Kier alpha value is -0.120. The highest BCUT2D eigenvalue weighted by molar-refractivity contribution is 4.83. The average Bonchev–Trinajstić information content (AvgIpc) is 2.35. The number of nitrogens with zero attached hydrogens (tertiary/aromatic N) is 1. The molecule has 1 heterocycles. The Labute approximate surface area is 101 Å². The van der Waals surface area contributed by atoms with Gasteiger partial charge in [0.05, 0.1) is 0 Å². The van der Waals surface area contributed by atoms with Gasteiger partial charge in [0.1, 0.15) is 0 Å². The van der Waals surface area contributed by atoms with E-state index in [9.17, 15) is 0 Å². The van der Waals surface area contributed by atoms with E-state index in [-0.39, 0.29) is 0 Å². The van der Waals surface area contributed by atoms with E-state index in [1.807, 2.05) is 0 Å². The van der Waals surface area contributed by atoms with Crippen LogP contribution < -0.4 is 5.32 Å². The first-order valence-corrected chi connectivity index (χ1v) is 6.73. The zero-order valence-corrected chi connectivity index (χ0v) is 11.3. The fraction of sp³-hybridized carbons (Fsp3) is 1.00. The van der Waals surface area contributed by atoms with Gasteiger partial charge in [0.2, 0.25) is 0 Å². The van der Waals surface area contributed by atoms with Crippen LogP contribution in [-0.4, -0.2) is 49.8 Å². The molecule has 0 radical (unpaired) electrons. The Bertz CT molecular complexity index is 172. The summed E-state index contributed by atoms with van der Waals surface area (Å²) < 4.78 is 5.42. The monoisotopic (exact) mass is 228 g/mol. The van der Waals surface area contributed by atoms with Gasteiger partial charge < -0.3 is 10.1 Å². The Morgan fingerprint density at radius 3 is 2.44 bits per heavy atom. The van der Waals surface area contributed by atoms with Crippen LogP contribution in [0.25, 0.3) is 0 Å². The second kappa shape index (κ2) is 7.25. The second-order valence-corrected chi connectivity index (χ2v) is 4.82. The minimum Gasteiger partial charge on any atom is -0.381 e. The molecule has 0 spiro atoms. The molecule has 1 aliphatic rings. The molecule has 0 amide bonds. The van der Waals surface area contributed by atoms with Gasteiger partial charge in [-0.05, 0) is 39.8 Å². The van der Waals surface area contributed by atoms with Crippen LogP contribution in [0.15, 0.2) is 0 Å². The van der Waals surface area contributed by atoms with Crippen LogP contribution in [0.3, 0.4) is 0 Å². The Morgan fingerprint density at radius 1 is 1.31 bits per heavy atom. The van der Waals surface area contributed by atoms with Crippen LogP contribution in [0.2, 0.25) is 0 Å². The summed E-state index contributed by atoms with van der Waals surface area (Å²) in [6, 6.07) is 1.92. The highest BCUT2D eigenvalue weighted by Gasteiger charge is 2.26. The highest BCUT2D eigenvalue weighted by atomic mass is 16.5. The lowest BCUT2D eigenvalue weighted by Gasteiger charge is -2.39. The van der Waals surface area contributed by atoms with Crippen LogP contribution in [0.5, 0.6) is 0 Å². The van der Waals surface area contributed by atoms with E-state index >= 15 is 0 Å². The Morgan fingerprint density at radius 2 is 1.94 bits per heavy atom. The molecule has 1 saturated heterocycles. The van der Waals surface area contributed by atoms with E-state index < -0.39 is 0 Å². The molecule has 3 nitrogen and oxygen atoms in total. The highest BCUT2D eigenvalue weighted by Crippen LogP contribution is 2.17. The molecule has 0 aliphatic carbocycles. The fourth-order valence-corrected chi connectivity index (χ4v) is 2.63. The molecule has 0 aromatic carbocycles. The number of likely N-dealkylation sites (N-methyl/N-ethyl adjacent to an activating group) is 2. The van der Waals surface area contributed by atoms with Crippen molar-refractivity contribution in [2.75, 3.05) is 26.8 Å². The SMILES string of the molecule is CCNC(CC)C(C)N(C)C1CCOCC1. The summed E-state index contributed by atoms with van der Waals surface area (Å²) >= 11 is 0. The van der Waals surface area contributed by atoms with Crippen LogP contribution in [-0.2, 0) is 4.74 Å². The first kappa shape index (κ1) is 13.9. The Balaban J connectivity index is 2.46. The van der Waals surface area contributed by atoms with E-state index in [4.69, 9.17) is 4.74 Å². The largest absolute Gasteiger partial charge is 0.381 e. The molecular weight excluding hydrogens is 200 g/mol. The summed E-state index contributed by atoms with van der Waals surface area (Å²) in [5.41, 5.74) is 0. The van der Waals surface area contributed by atoms with Crippen molar-refractivity contribution in [1.29, 1.82) is 0 Å². The van der Waals surface area contributed by atoms with Gasteiger partial charge in [0.25, 0.3) is 0 Å².